The van der Waals surface area contributed by atoms with Crippen LogP contribution in [0.15, 0.2) is 185 Å². The number of hydrogen-bond acceptors (Lipinski definition) is 2. The predicted octanol–water partition coefficient (Wildman–Crippen LogP) is 16.0. The zero-order valence-corrected chi connectivity index (χ0v) is 31.3. The average molecular weight is 719 g/mol. The van der Waals surface area contributed by atoms with E-state index in [0.29, 0.717) is 0 Å². The van der Waals surface area contributed by atoms with Gasteiger partial charge < -0.3 is 8.83 Å². The van der Waals surface area contributed by atoms with Gasteiger partial charge in [-0.05, 0) is 128 Å². The number of aryl methyl sites for hydroxylation is 1. The van der Waals surface area contributed by atoms with Crippen LogP contribution in [0.1, 0.15) is 23.6 Å². The number of furan rings is 2. The molecule has 0 aliphatic carbocycles. The third kappa shape index (κ3) is 5.75. The van der Waals surface area contributed by atoms with Crippen LogP contribution in [0.5, 0.6) is 0 Å². The van der Waals surface area contributed by atoms with Gasteiger partial charge in [-0.15, -0.1) is 0 Å². The number of hydrogen-bond donors (Lipinski definition) is 0. The smallest absolute Gasteiger partial charge is 0.139 e. The molecule has 0 N–H and O–H groups in total. The Kier molecular flexibility index (Phi) is 8.12. The molecule has 11 rings (SSSR count). The third-order valence-electron chi connectivity index (χ3n) is 11.0. The molecule has 2 aromatic heterocycles. The third-order valence-corrected chi connectivity index (χ3v) is 11.0. The standard InChI is InChI=1S/C44H30O2.C10H8/c1-4-8-31-23-36(35-10-7-6-9-34(35)33(31)5-2)32-15-14-27-20-28(12-13-29(27)21-32)30-16-18-42-38(22-30)40-24-39-37-19-26(3)11-17-41(37)45-43(39)25-44(40)46-42;1-2-6-10-8-4-3-7-9(10)5-1/h4-25H,2H2,1,3H3;1-8H/b8-4-;. The van der Waals surface area contributed by atoms with Crippen molar-refractivity contribution in [2.75, 3.05) is 0 Å². The van der Waals surface area contributed by atoms with Gasteiger partial charge in [0.15, 0.2) is 0 Å². The lowest BCUT2D eigenvalue weighted by Gasteiger charge is -2.14. The Bertz CT molecular complexity index is 3290. The van der Waals surface area contributed by atoms with Gasteiger partial charge in [-0.1, -0.05) is 140 Å². The lowest BCUT2D eigenvalue weighted by molar-refractivity contribution is 0.656. The molecule has 0 spiro atoms. The van der Waals surface area contributed by atoms with Gasteiger partial charge in [0.1, 0.15) is 22.3 Å². The Morgan fingerprint density at radius 2 is 0.964 bits per heavy atom. The minimum absolute atomic E-state index is 0.840. The number of fused-ring (bicyclic) bond motifs is 9. The summed E-state index contributed by atoms with van der Waals surface area (Å²) in [6.07, 6.45) is 6.22. The van der Waals surface area contributed by atoms with Gasteiger partial charge in [-0.25, -0.2) is 0 Å². The highest BCUT2D eigenvalue weighted by atomic mass is 16.3. The topological polar surface area (TPSA) is 26.3 Å². The molecule has 9 aromatic carbocycles. The average Bonchev–Trinajstić information content (AvgIpc) is 3.78. The van der Waals surface area contributed by atoms with Gasteiger partial charge in [-0.2, -0.15) is 0 Å². The van der Waals surface area contributed by atoms with Gasteiger partial charge in [0, 0.05) is 27.6 Å². The first-order chi connectivity index (χ1) is 27.5. The van der Waals surface area contributed by atoms with Crippen LogP contribution in [-0.4, -0.2) is 0 Å². The Hall–Kier alpha value is -7.16. The molecule has 0 amide bonds. The van der Waals surface area contributed by atoms with Crippen molar-refractivity contribution in [2.24, 2.45) is 0 Å². The minimum Gasteiger partial charge on any atom is -0.456 e. The first-order valence-electron chi connectivity index (χ1n) is 19.1. The van der Waals surface area contributed by atoms with Crippen LogP contribution in [0, 0.1) is 6.92 Å². The highest BCUT2D eigenvalue weighted by molar-refractivity contribution is 6.16. The summed E-state index contributed by atoms with van der Waals surface area (Å²) in [6, 6.07) is 58.3. The molecule has 11 aromatic rings. The molecule has 0 aliphatic heterocycles. The molecule has 0 radical (unpaired) electrons. The Balaban J connectivity index is 0.000000333. The van der Waals surface area contributed by atoms with E-state index in [4.69, 9.17) is 8.83 Å². The Morgan fingerprint density at radius 1 is 0.429 bits per heavy atom. The van der Waals surface area contributed by atoms with Crippen molar-refractivity contribution < 1.29 is 8.83 Å². The van der Waals surface area contributed by atoms with Crippen molar-refractivity contribution in [2.45, 2.75) is 13.8 Å². The van der Waals surface area contributed by atoms with Gasteiger partial charge in [0.05, 0.1) is 0 Å². The quantitative estimate of drug-likeness (QED) is 0.181. The van der Waals surface area contributed by atoms with E-state index in [9.17, 15) is 0 Å². The number of allylic oxidation sites excluding steroid dienone is 1. The summed E-state index contributed by atoms with van der Waals surface area (Å²) in [5.74, 6) is 0. The maximum Gasteiger partial charge on any atom is 0.139 e. The SMILES string of the molecule is C=Cc1c(/C=C\C)cc(-c2ccc3cc(-c4ccc5oc6cc7oc8ccc(C)cc8c7cc6c5c4)ccc3c2)c2ccccc12.c1ccc2ccccc2c1. The van der Waals surface area contributed by atoms with Crippen molar-refractivity contribution in [3.05, 3.63) is 193 Å². The van der Waals surface area contributed by atoms with Gasteiger partial charge in [-0.3, -0.25) is 0 Å². The van der Waals surface area contributed by atoms with E-state index in [0.717, 1.165) is 49.4 Å². The summed E-state index contributed by atoms with van der Waals surface area (Å²) in [4.78, 5) is 0. The maximum absolute atomic E-state index is 6.30. The molecule has 0 atom stereocenters. The molecular weight excluding hydrogens is 681 g/mol. The van der Waals surface area contributed by atoms with Gasteiger partial charge >= 0.3 is 0 Å². The summed E-state index contributed by atoms with van der Waals surface area (Å²) >= 11 is 0. The van der Waals surface area contributed by atoms with Crippen molar-refractivity contribution in [1.82, 2.24) is 0 Å². The summed E-state index contributed by atoms with van der Waals surface area (Å²) in [5.41, 5.74) is 11.8. The van der Waals surface area contributed by atoms with E-state index in [1.54, 1.807) is 0 Å². The highest BCUT2D eigenvalue weighted by Crippen LogP contribution is 2.40. The second-order valence-electron chi connectivity index (χ2n) is 14.6. The summed E-state index contributed by atoms with van der Waals surface area (Å²) < 4.78 is 12.5. The zero-order valence-electron chi connectivity index (χ0n) is 31.3. The van der Waals surface area contributed by atoms with E-state index in [1.165, 1.54) is 65.7 Å². The molecule has 0 saturated heterocycles. The molecule has 2 heterocycles. The Labute approximate surface area is 325 Å². The first kappa shape index (κ1) is 33.4. The fourth-order valence-electron chi connectivity index (χ4n) is 8.27. The van der Waals surface area contributed by atoms with E-state index in [-0.39, 0.29) is 0 Å². The molecular formula is C54H38O2. The number of rotatable bonds is 4. The van der Waals surface area contributed by atoms with Crippen LogP contribution in [0.3, 0.4) is 0 Å². The van der Waals surface area contributed by atoms with Crippen molar-refractivity contribution in [3.8, 4) is 22.3 Å². The van der Waals surface area contributed by atoms with Crippen LogP contribution >= 0.6 is 0 Å². The van der Waals surface area contributed by atoms with Gasteiger partial charge in [0.25, 0.3) is 0 Å². The van der Waals surface area contributed by atoms with Crippen molar-refractivity contribution in [1.29, 1.82) is 0 Å². The second kappa shape index (κ2) is 13.6. The van der Waals surface area contributed by atoms with Gasteiger partial charge in [0.2, 0.25) is 0 Å². The normalized spacial score (nSPS) is 11.8. The summed E-state index contributed by atoms with van der Waals surface area (Å²) in [5, 5.41) is 12.0. The fraction of sp³-hybridized carbons (Fsp3) is 0.0370. The van der Waals surface area contributed by atoms with Crippen LogP contribution < -0.4 is 0 Å². The van der Waals surface area contributed by atoms with Crippen molar-refractivity contribution in [3.63, 3.8) is 0 Å². The maximum atomic E-state index is 6.30. The molecule has 0 bridgehead atoms. The summed E-state index contributed by atoms with van der Waals surface area (Å²) in [7, 11) is 0. The zero-order chi connectivity index (χ0) is 37.8. The molecule has 0 fully saturated rings. The monoisotopic (exact) mass is 718 g/mol. The predicted molar refractivity (Wildman–Crippen MR) is 240 cm³/mol. The molecule has 56 heavy (non-hydrogen) atoms. The molecule has 0 unspecified atom stereocenters. The minimum atomic E-state index is 0.840. The highest BCUT2D eigenvalue weighted by Gasteiger charge is 2.15. The fourth-order valence-corrected chi connectivity index (χ4v) is 8.27. The molecule has 266 valence electrons. The van der Waals surface area contributed by atoms with E-state index < -0.39 is 0 Å². The Morgan fingerprint density at radius 3 is 1.62 bits per heavy atom. The lowest BCUT2D eigenvalue weighted by atomic mass is 9.90. The second-order valence-corrected chi connectivity index (χ2v) is 14.6. The first-order valence-corrected chi connectivity index (χ1v) is 19.1. The molecule has 2 nitrogen and oxygen atoms in total. The van der Waals surface area contributed by atoms with Crippen molar-refractivity contribution >= 4 is 88.3 Å². The lowest BCUT2D eigenvalue weighted by Crippen LogP contribution is -1.90. The van der Waals surface area contributed by atoms with Crippen LogP contribution in [0.4, 0.5) is 0 Å². The van der Waals surface area contributed by atoms with E-state index in [2.05, 4.69) is 184 Å². The van der Waals surface area contributed by atoms with Crippen LogP contribution in [-0.2, 0) is 0 Å². The van der Waals surface area contributed by atoms with Crippen LogP contribution in [0.2, 0.25) is 0 Å². The van der Waals surface area contributed by atoms with Crippen LogP contribution in [0.25, 0.3) is 111 Å². The molecule has 0 aliphatic rings. The van der Waals surface area contributed by atoms with E-state index >= 15 is 0 Å². The number of benzene rings is 9. The largest absolute Gasteiger partial charge is 0.456 e. The summed E-state index contributed by atoms with van der Waals surface area (Å²) in [6.45, 7) is 8.28. The molecule has 0 saturated carbocycles. The molecule has 2 heteroatoms. The van der Waals surface area contributed by atoms with E-state index in [1.807, 2.05) is 18.2 Å².